The highest BCUT2D eigenvalue weighted by molar-refractivity contribution is 5.98. The Morgan fingerprint density at radius 2 is 1.92 bits per heavy atom. The fourth-order valence-corrected chi connectivity index (χ4v) is 3.08. The molecule has 0 spiro atoms. The Balaban J connectivity index is 1.97. The fourth-order valence-electron chi connectivity index (χ4n) is 3.08. The van der Waals surface area contributed by atoms with Gasteiger partial charge in [-0.25, -0.2) is 4.79 Å². The molecule has 0 saturated heterocycles. The zero-order valence-corrected chi connectivity index (χ0v) is 15.0. The molecule has 5 heteroatoms. The monoisotopic (exact) mass is 338 g/mol. The van der Waals surface area contributed by atoms with Gasteiger partial charge in [-0.2, -0.15) is 0 Å². The number of fused-ring (bicyclic) bond motifs is 1. The number of benzene rings is 1. The number of ether oxygens (including phenoxy) is 1. The molecule has 0 amide bonds. The maximum Gasteiger partial charge on any atom is 0.340 e. The smallest absolute Gasteiger partial charge is 0.340 e. The molecular weight excluding hydrogens is 316 g/mol. The Hall–Kier alpha value is -2.66. The standard InChI is InChI=1S/C20H22N2O3/c1-13-9-10-15(25-13)11-22(3)12-18-19(20(23)24-4)14(2)16-7-5-6-8-17(16)21-18/h5-10H,11-12H2,1-4H3. The molecule has 5 nitrogen and oxygen atoms in total. The Morgan fingerprint density at radius 3 is 2.60 bits per heavy atom. The second-order valence-corrected chi connectivity index (χ2v) is 6.25. The van der Waals surface area contributed by atoms with Gasteiger partial charge >= 0.3 is 5.97 Å². The molecule has 0 radical (unpaired) electrons. The number of methoxy groups -OCH3 is 1. The Kier molecular flexibility index (Phi) is 4.86. The molecule has 0 aliphatic rings. The van der Waals surface area contributed by atoms with Crippen LogP contribution in [-0.2, 0) is 17.8 Å². The van der Waals surface area contributed by atoms with Crippen LogP contribution in [0.3, 0.4) is 0 Å². The number of para-hydroxylation sites is 1. The number of aromatic nitrogens is 1. The van der Waals surface area contributed by atoms with Gasteiger partial charge in [0.05, 0.1) is 30.4 Å². The molecule has 0 atom stereocenters. The second-order valence-electron chi connectivity index (χ2n) is 6.25. The second kappa shape index (κ2) is 7.07. The third-order valence-electron chi connectivity index (χ3n) is 4.26. The van der Waals surface area contributed by atoms with Crippen LogP contribution in [0, 0.1) is 13.8 Å². The summed E-state index contributed by atoms with van der Waals surface area (Å²) in [6, 6.07) is 11.7. The van der Waals surface area contributed by atoms with E-state index in [2.05, 4.69) is 4.90 Å². The molecule has 0 N–H and O–H groups in total. The minimum Gasteiger partial charge on any atom is -0.465 e. The third-order valence-corrected chi connectivity index (χ3v) is 4.26. The van der Waals surface area contributed by atoms with E-state index in [1.807, 2.05) is 57.3 Å². The van der Waals surface area contributed by atoms with E-state index >= 15 is 0 Å². The van der Waals surface area contributed by atoms with Crippen molar-refractivity contribution in [2.24, 2.45) is 0 Å². The van der Waals surface area contributed by atoms with Crippen molar-refractivity contribution in [3.05, 3.63) is 64.7 Å². The van der Waals surface area contributed by atoms with Gasteiger partial charge in [0, 0.05) is 11.9 Å². The van der Waals surface area contributed by atoms with E-state index in [0.29, 0.717) is 24.3 Å². The zero-order valence-electron chi connectivity index (χ0n) is 15.0. The number of rotatable bonds is 5. The molecular formula is C20H22N2O3. The molecule has 0 saturated carbocycles. The number of nitrogens with zero attached hydrogens (tertiary/aromatic N) is 2. The number of hydrogen-bond acceptors (Lipinski definition) is 5. The fraction of sp³-hybridized carbons (Fsp3) is 0.300. The quantitative estimate of drug-likeness (QED) is 0.661. The van der Waals surface area contributed by atoms with E-state index in [9.17, 15) is 4.79 Å². The third kappa shape index (κ3) is 3.56. The molecule has 3 rings (SSSR count). The molecule has 2 aromatic heterocycles. The zero-order chi connectivity index (χ0) is 18.0. The lowest BCUT2D eigenvalue weighted by atomic mass is 10.0. The molecule has 130 valence electrons. The van der Waals surface area contributed by atoms with Gasteiger partial charge in [0.25, 0.3) is 0 Å². The van der Waals surface area contributed by atoms with Crippen molar-refractivity contribution >= 4 is 16.9 Å². The van der Waals surface area contributed by atoms with Crippen molar-refractivity contribution in [2.45, 2.75) is 26.9 Å². The number of aryl methyl sites for hydroxylation is 2. The molecule has 25 heavy (non-hydrogen) atoms. The summed E-state index contributed by atoms with van der Waals surface area (Å²) in [6.45, 7) is 5.03. The summed E-state index contributed by atoms with van der Waals surface area (Å²) in [7, 11) is 3.38. The van der Waals surface area contributed by atoms with Gasteiger partial charge in [0.2, 0.25) is 0 Å². The summed E-state index contributed by atoms with van der Waals surface area (Å²) < 4.78 is 10.6. The Bertz CT molecular complexity index is 914. The van der Waals surface area contributed by atoms with Crippen LogP contribution >= 0.6 is 0 Å². The Labute approximate surface area is 147 Å². The topological polar surface area (TPSA) is 55.6 Å². The highest BCUT2D eigenvalue weighted by Crippen LogP contribution is 2.24. The minimum absolute atomic E-state index is 0.354. The van der Waals surface area contributed by atoms with Crippen LogP contribution in [0.15, 0.2) is 40.8 Å². The normalized spacial score (nSPS) is 11.2. The van der Waals surface area contributed by atoms with Crippen LogP contribution in [0.25, 0.3) is 10.9 Å². The number of carbonyl (C=O) groups is 1. The van der Waals surface area contributed by atoms with Crippen molar-refractivity contribution in [1.29, 1.82) is 0 Å². The summed E-state index contributed by atoms with van der Waals surface area (Å²) in [5.74, 6) is 1.42. The molecule has 0 aliphatic heterocycles. The average molecular weight is 338 g/mol. The van der Waals surface area contributed by atoms with Crippen LogP contribution in [0.1, 0.15) is 33.1 Å². The van der Waals surface area contributed by atoms with Crippen LogP contribution in [0.2, 0.25) is 0 Å². The largest absolute Gasteiger partial charge is 0.465 e. The first-order valence-electron chi connectivity index (χ1n) is 8.20. The SMILES string of the molecule is COC(=O)c1c(CN(C)Cc2ccc(C)o2)nc2ccccc2c1C. The van der Waals surface area contributed by atoms with Gasteiger partial charge in [-0.05, 0) is 44.7 Å². The summed E-state index contributed by atoms with van der Waals surface area (Å²) in [5.41, 5.74) is 3.04. The summed E-state index contributed by atoms with van der Waals surface area (Å²) in [4.78, 5) is 19.1. The maximum absolute atomic E-state index is 12.3. The van der Waals surface area contributed by atoms with E-state index in [1.54, 1.807) is 0 Å². The van der Waals surface area contributed by atoms with Gasteiger partial charge in [-0.3, -0.25) is 9.88 Å². The van der Waals surface area contributed by atoms with E-state index in [-0.39, 0.29) is 5.97 Å². The first kappa shape index (κ1) is 17.2. The Morgan fingerprint density at radius 1 is 1.16 bits per heavy atom. The molecule has 0 fully saturated rings. The molecule has 0 unspecified atom stereocenters. The van der Waals surface area contributed by atoms with Crippen LogP contribution < -0.4 is 0 Å². The maximum atomic E-state index is 12.3. The van der Waals surface area contributed by atoms with Gasteiger partial charge in [0.15, 0.2) is 0 Å². The number of esters is 1. The lowest BCUT2D eigenvalue weighted by Crippen LogP contribution is -2.21. The highest BCUT2D eigenvalue weighted by Gasteiger charge is 2.20. The van der Waals surface area contributed by atoms with Crippen molar-refractivity contribution < 1.29 is 13.9 Å². The van der Waals surface area contributed by atoms with Crippen molar-refractivity contribution in [1.82, 2.24) is 9.88 Å². The number of furan rings is 1. The van der Waals surface area contributed by atoms with Gasteiger partial charge in [0.1, 0.15) is 11.5 Å². The first-order chi connectivity index (χ1) is 12.0. The van der Waals surface area contributed by atoms with Gasteiger partial charge in [-0.1, -0.05) is 18.2 Å². The van der Waals surface area contributed by atoms with Crippen molar-refractivity contribution in [3.63, 3.8) is 0 Å². The summed E-state index contributed by atoms with van der Waals surface area (Å²) in [5, 5.41) is 0.968. The molecule has 0 bridgehead atoms. The number of pyridine rings is 1. The van der Waals surface area contributed by atoms with Gasteiger partial charge in [-0.15, -0.1) is 0 Å². The highest BCUT2D eigenvalue weighted by atomic mass is 16.5. The lowest BCUT2D eigenvalue weighted by molar-refractivity contribution is 0.0597. The number of hydrogen-bond donors (Lipinski definition) is 0. The summed E-state index contributed by atoms with van der Waals surface area (Å²) >= 11 is 0. The van der Waals surface area contributed by atoms with E-state index in [1.165, 1.54) is 7.11 Å². The summed E-state index contributed by atoms with van der Waals surface area (Å²) in [6.07, 6.45) is 0. The molecule has 2 heterocycles. The predicted molar refractivity (Wildman–Crippen MR) is 96.4 cm³/mol. The van der Waals surface area contributed by atoms with Crippen LogP contribution in [0.5, 0.6) is 0 Å². The lowest BCUT2D eigenvalue weighted by Gasteiger charge is -2.18. The van der Waals surface area contributed by atoms with E-state index in [0.717, 1.165) is 28.0 Å². The van der Waals surface area contributed by atoms with Crippen LogP contribution in [0.4, 0.5) is 0 Å². The molecule has 0 aliphatic carbocycles. The molecule has 3 aromatic rings. The first-order valence-corrected chi connectivity index (χ1v) is 8.20. The van der Waals surface area contributed by atoms with E-state index < -0.39 is 0 Å². The van der Waals surface area contributed by atoms with Crippen molar-refractivity contribution in [2.75, 3.05) is 14.2 Å². The van der Waals surface area contributed by atoms with Crippen LogP contribution in [-0.4, -0.2) is 30.0 Å². The molecule has 1 aromatic carbocycles. The minimum atomic E-state index is -0.354. The average Bonchev–Trinajstić information content (AvgIpc) is 2.99. The number of carbonyl (C=O) groups excluding carboxylic acids is 1. The van der Waals surface area contributed by atoms with E-state index in [4.69, 9.17) is 14.1 Å². The predicted octanol–water partition coefficient (Wildman–Crippen LogP) is 3.86. The van der Waals surface area contributed by atoms with Crippen molar-refractivity contribution in [3.8, 4) is 0 Å². The van der Waals surface area contributed by atoms with Gasteiger partial charge < -0.3 is 9.15 Å².